The summed E-state index contributed by atoms with van der Waals surface area (Å²) in [6, 6.07) is 9.94. The zero-order valence-corrected chi connectivity index (χ0v) is 13.9. The van der Waals surface area contributed by atoms with E-state index in [1.807, 2.05) is 36.4 Å². The van der Waals surface area contributed by atoms with Crippen molar-refractivity contribution in [2.75, 3.05) is 12.4 Å². The van der Waals surface area contributed by atoms with Crippen molar-refractivity contribution in [2.24, 2.45) is 4.99 Å². The van der Waals surface area contributed by atoms with Gasteiger partial charge in [0.15, 0.2) is 11.9 Å². The molecule has 1 atom stereocenters. The molecule has 0 saturated heterocycles. The predicted octanol–water partition coefficient (Wildman–Crippen LogP) is 3.41. The van der Waals surface area contributed by atoms with Crippen LogP contribution in [0.25, 0.3) is 0 Å². The van der Waals surface area contributed by atoms with Gasteiger partial charge in [0, 0.05) is 5.75 Å². The van der Waals surface area contributed by atoms with Crippen molar-refractivity contribution < 1.29 is 14.3 Å². The molecule has 0 saturated carbocycles. The summed E-state index contributed by atoms with van der Waals surface area (Å²) in [5.74, 6) is 1.43. The smallest absolute Gasteiger partial charge is 0.221 e. The zero-order valence-electron chi connectivity index (χ0n) is 13.1. The number of fused-ring (bicyclic) bond motifs is 1. The van der Waals surface area contributed by atoms with Crippen molar-refractivity contribution in [2.45, 2.75) is 19.1 Å². The average Bonchev–Trinajstić information content (AvgIpc) is 3.03. The van der Waals surface area contributed by atoms with E-state index in [9.17, 15) is 4.79 Å². The van der Waals surface area contributed by atoms with Gasteiger partial charge in [0.1, 0.15) is 11.6 Å². The molecule has 3 aliphatic rings. The summed E-state index contributed by atoms with van der Waals surface area (Å²) in [7, 11) is 0. The Bertz CT molecular complexity index is 777. The van der Waals surface area contributed by atoms with Crippen LogP contribution in [-0.4, -0.2) is 30.1 Å². The molecule has 24 heavy (non-hydrogen) atoms. The van der Waals surface area contributed by atoms with Gasteiger partial charge in [-0.15, -0.1) is 11.8 Å². The fourth-order valence-electron chi connectivity index (χ4n) is 2.84. The molecule has 4 nitrogen and oxygen atoms in total. The second kappa shape index (κ2) is 6.79. The van der Waals surface area contributed by atoms with Gasteiger partial charge >= 0.3 is 0 Å². The largest absolute Gasteiger partial charge is 0.472 e. The Morgan fingerprint density at radius 2 is 2.17 bits per heavy atom. The molecule has 5 heteroatoms. The molecule has 122 valence electrons. The van der Waals surface area contributed by atoms with E-state index in [1.54, 1.807) is 23.9 Å². The Balaban J connectivity index is 1.66. The normalized spacial score (nSPS) is 23.0. The van der Waals surface area contributed by atoms with E-state index in [4.69, 9.17) is 14.5 Å². The van der Waals surface area contributed by atoms with Crippen molar-refractivity contribution >= 4 is 23.4 Å². The third kappa shape index (κ3) is 3.09. The third-order valence-corrected chi connectivity index (χ3v) is 5.18. The number of thioether (sulfide) groups is 1. The first-order valence-electron chi connectivity index (χ1n) is 7.95. The molecular formula is C19H17NO3S. The Hall–Kier alpha value is -2.11. The molecule has 0 aromatic heterocycles. The maximum Gasteiger partial charge on any atom is 0.221 e. The molecule has 1 aromatic carbocycles. The standard InChI is InChI=1S/C19H17NO3S/c21-16-8-4-7-15-17(16)22-12-14-9-10-24-19(14)20-18(15)23-11-13-5-2-1-3-6-13/h1-8,17H,9-12H2. The summed E-state index contributed by atoms with van der Waals surface area (Å²) < 4.78 is 11.9. The highest BCUT2D eigenvalue weighted by atomic mass is 32.2. The van der Waals surface area contributed by atoms with Crippen LogP contribution in [0.5, 0.6) is 0 Å². The lowest BCUT2D eigenvalue weighted by molar-refractivity contribution is -0.123. The van der Waals surface area contributed by atoms with Crippen LogP contribution in [0.2, 0.25) is 0 Å². The second-order valence-corrected chi connectivity index (χ2v) is 6.86. The van der Waals surface area contributed by atoms with E-state index in [2.05, 4.69) is 0 Å². The van der Waals surface area contributed by atoms with Crippen LogP contribution in [0.4, 0.5) is 0 Å². The summed E-state index contributed by atoms with van der Waals surface area (Å²) in [6.45, 7) is 0.869. The first-order chi connectivity index (χ1) is 11.8. The number of nitrogens with zero attached hydrogens (tertiary/aromatic N) is 1. The Labute approximate surface area is 144 Å². The molecule has 2 aliphatic heterocycles. The number of ketones is 1. The number of benzene rings is 1. The number of carbonyl (C=O) groups is 1. The Morgan fingerprint density at radius 3 is 3.04 bits per heavy atom. The van der Waals surface area contributed by atoms with Gasteiger partial charge in [0.05, 0.1) is 12.2 Å². The lowest BCUT2D eigenvalue weighted by Crippen LogP contribution is -2.33. The predicted molar refractivity (Wildman–Crippen MR) is 94.7 cm³/mol. The highest BCUT2D eigenvalue weighted by molar-refractivity contribution is 8.03. The van der Waals surface area contributed by atoms with Gasteiger partial charge < -0.3 is 9.47 Å². The second-order valence-electron chi connectivity index (χ2n) is 5.77. The van der Waals surface area contributed by atoms with Crippen molar-refractivity contribution in [3.63, 3.8) is 0 Å². The Kier molecular flexibility index (Phi) is 4.36. The van der Waals surface area contributed by atoms with Gasteiger partial charge in [0.25, 0.3) is 0 Å². The fourth-order valence-corrected chi connectivity index (χ4v) is 3.89. The molecule has 0 fully saturated rings. The molecule has 0 spiro atoms. The molecule has 1 unspecified atom stereocenters. The summed E-state index contributed by atoms with van der Waals surface area (Å²) in [5.41, 5.74) is 2.92. The van der Waals surface area contributed by atoms with E-state index >= 15 is 0 Å². The molecule has 0 bridgehead atoms. The van der Waals surface area contributed by atoms with Gasteiger partial charge in [0.2, 0.25) is 5.90 Å². The summed E-state index contributed by atoms with van der Waals surface area (Å²) in [6.07, 6.45) is 5.47. The zero-order chi connectivity index (χ0) is 16.4. The highest BCUT2D eigenvalue weighted by Gasteiger charge is 2.32. The molecule has 0 radical (unpaired) electrons. The van der Waals surface area contributed by atoms with Crippen molar-refractivity contribution in [3.05, 3.63) is 70.3 Å². The van der Waals surface area contributed by atoms with E-state index in [0.717, 1.165) is 28.3 Å². The monoisotopic (exact) mass is 339 g/mol. The lowest BCUT2D eigenvalue weighted by Gasteiger charge is -2.24. The lowest BCUT2D eigenvalue weighted by atomic mass is 9.99. The minimum atomic E-state index is -0.621. The number of hydrogen-bond donors (Lipinski definition) is 0. The highest BCUT2D eigenvalue weighted by Crippen LogP contribution is 2.35. The van der Waals surface area contributed by atoms with E-state index < -0.39 is 6.10 Å². The van der Waals surface area contributed by atoms with Crippen LogP contribution in [0.1, 0.15) is 12.0 Å². The summed E-state index contributed by atoms with van der Waals surface area (Å²) >= 11 is 1.72. The van der Waals surface area contributed by atoms with Crippen LogP contribution in [0.15, 0.2) is 69.7 Å². The minimum Gasteiger partial charge on any atom is -0.472 e. The van der Waals surface area contributed by atoms with E-state index in [0.29, 0.717) is 24.7 Å². The molecule has 4 rings (SSSR count). The summed E-state index contributed by atoms with van der Waals surface area (Å²) in [4.78, 5) is 17.0. The van der Waals surface area contributed by atoms with Gasteiger partial charge in [-0.2, -0.15) is 0 Å². The third-order valence-electron chi connectivity index (χ3n) is 4.11. The SMILES string of the molecule is O=C1C=CC=C2C(OCc3ccccc3)=NC3=C(CCS3)COC12. The molecule has 0 amide bonds. The molecule has 0 N–H and O–H groups in total. The van der Waals surface area contributed by atoms with Crippen LogP contribution in [-0.2, 0) is 20.9 Å². The number of carbonyl (C=O) groups excluding carboxylic acids is 1. The Morgan fingerprint density at radius 1 is 1.29 bits per heavy atom. The van der Waals surface area contributed by atoms with Crippen LogP contribution < -0.4 is 0 Å². The van der Waals surface area contributed by atoms with Crippen molar-refractivity contribution in [1.82, 2.24) is 0 Å². The van der Waals surface area contributed by atoms with Gasteiger partial charge in [-0.05, 0) is 23.6 Å². The molecule has 1 aliphatic carbocycles. The maximum absolute atomic E-state index is 12.2. The van der Waals surface area contributed by atoms with Crippen LogP contribution in [0.3, 0.4) is 0 Å². The number of hydrogen-bond acceptors (Lipinski definition) is 5. The number of ether oxygens (including phenoxy) is 2. The number of rotatable bonds is 2. The maximum atomic E-state index is 12.2. The first-order valence-corrected chi connectivity index (χ1v) is 8.94. The number of aliphatic imine (C=N–C) groups is 1. The minimum absolute atomic E-state index is 0.0572. The molecular weight excluding hydrogens is 322 g/mol. The van der Waals surface area contributed by atoms with Gasteiger partial charge in [-0.1, -0.05) is 42.5 Å². The summed E-state index contributed by atoms with van der Waals surface area (Å²) in [5, 5.41) is 0.972. The number of allylic oxidation sites excluding steroid dienone is 2. The average molecular weight is 339 g/mol. The fraction of sp³-hybridized carbons (Fsp3) is 0.263. The van der Waals surface area contributed by atoms with E-state index in [1.165, 1.54) is 0 Å². The van der Waals surface area contributed by atoms with Gasteiger partial charge in [-0.3, -0.25) is 4.79 Å². The van der Waals surface area contributed by atoms with Crippen LogP contribution in [0, 0.1) is 0 Å². The van der Waals surface area contributed by atoms with E-state index in [-0.39, 0.29) is 5.78 Å². The van der Waals surface area contributed by atoms with Crippen LogP contribution >= 0.6 is 11.8 Å². The van der Waals surface area contributed by atoms with Crippen molar-refractivity contribution in [1.29, 1.82) is 0 Å². The van der Waals surface area contributed by atoms with Crippen molar-refractivity contribution in [3.8, 4) is 0 Å². The first kappa shape index (κ1) is 15.4. The quantitative estimate of drug-likeness (QED) is 0.828. The van der Waals surface area contributed by atoms with Gasteiger partial charge in [-0.25, -0.2) is 4.99 Å². The molecule has 2 heterocycles. The molecule has 1 aromatic rings. The topological polar surface area (TPSA) is 47.9 Å².